The zero-order chi connectivity index (χ0) is 12.0. The van der Waals surface area contributed by atoms with Crippen LogP contribution in [0.2, 0.25) is 0 Å². The molecular weight excluding hydrogens is 266 g/mol. The number of hydrogen-bond acceptors (Lipinski definition) is 3. The van der Waals surface area contributed by atoms with Gasteiger partial charge in [0.2, 0.25) is 0 Å². The van der Waals surface area contributed by atoms with Crippen molar-refractivity contribution in [1.82, 2.24) is 10.3 Å². The minimum absolute atomic E-state index is 0.974. The molecule has 0 bridgehead atoms. The van der Waals surface area contributed by atoms with Gasteiger partial charge in [-0.3, -0.25) is 0 Å². The molecule has 0 fully saturated rings. The van der Waals surface area contributed by atoms with E-state index in [1.54, 1.807) is 0 Å². The number of aromatic nitrogens is 1. The lowest BCUT2D eigenvalue weighted by Crippen LogP contribution is -2.32. The van der Waals surface area contributed by atoms with E-state index in [0.717, 1.165) is 36.3 Å². The van der Waals surface area contributed by atoms with Gasteiger partial charge >= 0.3 is 0 Å². The van der Waals surface area contributed by atoms with E-state index in [1.165, 1.54) is 5.56 Å². The fourth-order valence-electron chi connectivity index (χ4n) is 1.59. The van der Waals surface area contributed by atoms with E-state index in [-0.39, 0.29) is 0 Å². The van der Waals surface area contributed by atoms with Crippen molar-refractivity contribution in [2.75, 3.05) is 31.6 Å². The average molecular weight is 286 g/mol. The number of hydrogen-bond donors (Lipinski definition) is 1. The van der Waals surface area contributed by atoms with Crippen LogP contribution in [-0.4, -0.2) is 31.7 Å². The molecule has 0 aromatic carbocycles. The molecule has 0 saturated heterocycles. The van der Waals surface area contributed by atoms with Crippen molar-refractivity contribution in [2.24, 2.45) is 0 Å². The Morgan fingerprint density at radius 2 is 2.19 bits per heavy atom. The minimum Gasteiger partial charge on any atom is -0.354 e. The fourth-order valence-corrected chi connectivity index (χ4v) is 2.07. The van der Waals surface area contributed by atoms with Gasteiger partial charge in [-0.1, -0.05) is 6.92 Å². The maximum absolute atomic E-state index is 4.46. The highest BCUT2D eigenvalue weighted by molar-refractivity contribution is 9.10. The van der Waals surface area contributed by atoms with E-state index < -0.39 is 0 Å². The molecule has 90 valence electrons. The number of halogens is 1. The lowest BCUT2D eigenvalue weighted by Gasteiger charge is -2.24. The van der Waals surface area contributed by atoms with E-state index >= 15 is 0 Å². The summed E-state index contributed by atoms with van der Waals surface area (Å²) in [6.45, 7) is 7.28. The molecule has 16 heavy (non-hydrogen) atoms. The van der Waals surface area contributed by atoms with Gasteiger partial charge in [-0.2, -0.15) is 0 Å². The van der Waals surface area contributed by atoms with Crippen molar-refractivity contribution in [2.45, 2.75) is 20.3 Å². The van der Waals surface area contributed by atoms with Gasteiger partial charge < -0.3 is 10.2 Å². The monoisotopic (exact) mass is 285 g/mol. The van der Waals surface area contributed by atoms with Crippen LogP contribution in [0.15, 0.2) is 16.7 Å². The molecular formula is C12H20BrN3. The maximum Gasteiger partial charge on any atom is 0.143 e. The van der Waals surface area contributed by atoms with Crippen molar-refractivity contribution in [3.05, 3.63) is 22.3 Å². The number of aryl methyl sites for hydroxylation is 1. The first-order chi connectivity index (χ1) is 7.70. The molecule has 0 aliphatic rings. The van der Waals surface area contributed by atoms with Crippen LogP contribution in [0.4, 0.5) is 5.82 Å². The molecule has 0 saturated carbocycles. The molecule has 4 heteroatoms. The highest BCUT2D eigenvalue weighted by atomic mass is 79.9. The van der Waals surface area contributed by atoms with Gasteiger partial charge in [0.1, 0.15) is 5.82 Å². The minimum atomic E-state index is 0.974. The van der Waals surface area contributed by atoms with Gasteiger partial charge in [0.15, 0.2) is 0 Å². The molecule has 0 radical (unpaired) electrons. The van der Waals surface area contributed by atoms with Gasteiger partial charge in [0.25, 0.3) is 0 Å². The molecule has 1 heterocycles. The Morgan fingerprint density at radius 3 is 2.81 bits per heavy atom. The predicted octanol–water partition coefficient (Wildman–Crippen LogP) is 2.59. The number of anilines is 1. The third-order valence-corrected chi connectivity index (χ3v) is 3.47. The summed E-state index contributed by atoms with van der Waals surface area (Å²) in [5.74, 6) is 1.05. The molecule has 1 rings (SSSR count). The normalized spacial score (nSPS) is 10.5. The number of rotatable bonds is 6. The van der Waals surface area contributed by atoms with Crippen LogP contribution in [0, 0.1) is 6.92 Å². The number of pyridine rings is 1. The quantitative estimate of drug-likeness (QED) is 0.871. The summed E-state index contributed by atoms with van der Waals surface area (Å²) >= 11 is 3.62. The zero-order valence-corrected chi connectivity index (χ0v) is 11.8. The predicted molar refractivity (Wildman–Crippen MR) is 73.1 cm³/mol. The smallest absolute Gasteiger partial charge is 0.143 e. The Kier molecular flexibility index (Phi) is 5.77. The Bertz CT molecular complexity index is 328. The number of nitrogens with zero attached hydrogens (tertiary/aromatic N) is 2. The Balaban J connectivity index is 2.86. The standard InChI is InChI=1S/C12H20BrN3/c1-4-8-16(9-7-14-3)12-11(13)10(2)5-6-15-12/h5-6,14H,4,7-9H2,1-3H3. The van der Waals surface area contributed by atoms with Gasteiger partial charge in [-0.25, -0.2) is 4.98 Å². The molecule has 0 atom stereocenters. The SMILES string of the molecule is CCCN(CCNC)c1nccc(C)c1Br. The van der Waals surface area contributed by atoms with Gasteiger partial charge in [0, 0.05) is 25.8 Å². The fraction of sp³-hybridized carbons (Fsp3) is 0.583. The summed E-state index contributed by atoms with van der Waals surface area (Å²) < 4.78 is 1.11. The van der Waals surface area contributed by atoms with Crippen LogP contribution < -0.4 is 10.2 Å². The summed E-state index contributed by atoms with van der Waals surface area (Å²) in [5.41, 5.74) is 1.23. The van der Waals surface area contributed by atoms with Crippen molar-refractivity contribution >= 4 is 21.7 Å². The third-order valence-electron chi connectivity index (χ3n) is 2.49. The molecule has 0 spiro atoms. The topological polar surface area (TPSA) is 28.2 Å². The van der Waals surface area contributed by atoms with Gasteiger partial charge in [0.05, 0.1) is 4.47 Å². The summed E-state index contributed by atoms with van der Waals surface area (Å²) in [5, 5.41) is 3.18. The molecule has 3 nitrogen and oxygen atoms in total. The molecule has 1 aromatic heterocycles. The van der Waals surface area contributed by atoms with Gasteiger partial charge in [-0.05, 0) is 48.0 Å². The molecule has 1 N–H and O–H groups in total. The Hall–Kier alpha value is -0.610. The summed E-state index contributed by atoms with van der Waals surface area (Å²) in [6.07, 6.45) is 3.00. The van der Waals surface area contributed by atoms with Crippen molar-refractivity contribution in [3.63, 3.8) is 0 Å². The van der Waals surface area contributed by atoms with E-state index in [4.69, 9.17) is 0 Å². The van der Waals surface area contributed by atoms with Crippen LogP contribution in [0.1, 0.15) is 18.9 Å². The molecule has 0 amide bonds. The maximum atomic E-state index is 4.46. The van der Waals surface area contributed by atoms with Crippen molar-refractivity contribution < 1.29 is 0 Å². The highest BCUT2D eigenvalue weighted by Crippen LogP contribution is 2.26. The van der Waals surface area contributed by atoms with E-state index in [0.29, 0.717) is 0 Å². The lowest BCUT2D eigenvalue weighted by atomic mass is 10.2. The highest BCUT2D eigenvalue weighted by Gasteiger charge is 2.11. The first-order valence-electron chi connectivity index (χ1n) is 5.71. The molecule has 0 unspecified atom stereocenters. The number of nitrogens with one attached hydrogen (secondary N) is 1. The zero-order valence-electron chi connectivity index (χ0n) is 10.3. The molecule has 0 aliphatic carbocycles. The van der Waals surface area contributed by atoms with E-state index in [9.17, 15) is 0 Å². The van der Waals surface area contributed by atoms with Crippen LogP contribution >= 0.6 is 15.9 Å². The first kappa shape index (κ1) is 13.5. The molecule has 1 aromatic rings. The van der Waals surface area contributed by atoms with Crippen LogP contribution in [0.25, 0.3) is 0 Å². The van der Waals surface area contributed by atoms with Gasteiger partial charge in [-0.15, -0.1) is 0 Å². The first-order valence-corrected chi connectivity index (χ1v) is 6.50. The number of likely N-dealkylation sites (N-methyl/N-ethyl adjacent to an activating group) is 1. The van der Waals surface area contributed by atoms with Crippen LogP contribution in [0.3, 0.4) is 0 Å². The summed E-state index contributed by atoms with van der Waals surface area (Å²) in [7, 11) is 1.98. The average Bonchev–Trinajstić information content (AvgIpc) is 2.28. The van der Waals surface area contributed by atoms with Crippen LogP contribution in [0.5, 0.6) is 0 Å². The molecule has 0 aliphatic heterocycles. The van der Waals surface area contributed by atoms with E-state index in [1.807, 2.05) is 19.3 Å². The Morgan fingerprint density at radius 1 is 1.44 bits per heavy atom. The largest absolute Gasteiger partial charge is 0.354 e. The Labute approximate surface area is 106 Å². The second-order valence-corrected chi connectivity index (χ2v) is 4.65. The van der Waals surface area contributed by atoms with Crippen molar-refractivity contribution in [1.29, 1.82) is 0 Å². The lowest BCUT2D eigenvalue weighted by molar-refractivity contribution is 0.701. The summed E-state index contributed by atoms with van der Waals surface area (Å²) in [4.78, 5) is 6.78. The third kappa shape index (κ3) is 3.46. The van der Waals surface area contributed by atoms with Crippen molar-refractivity contribution in [3.8, 4) is 0 Å². The second kappa shape index (κ2) is 6.86. The summed E-state index contributed by atoms with van der Waals surface area (Å²) in [6, 6.07) is 2.02. The second-order valence-electron chi connectivity index (χ2n) is 3.86. The van der Waals surface area contributed by atoms with E-state index in [2.05, 4.69) is 45.0 Å². The van der Waals surface area contributed by atoms with Crippen LogP contribution in [-0.2, 0) is 0 Å².